The molecule has 2 fully saturated rings. The number of aromatic nitrogens is 3. The van der Waals surface area contributed by atoms with Crippen molar-refractivity contribution in [3.8, 4) is 11.8 Å². The number of pyridine rings is 1. The summed E-state index contributed by atoms with van der Waals surface area (Å²) in [5.74, 6) is 6.99. The Balaban J connectivity index is 1.52. The van der Waals surface area contributed by atoms with Crippen LogP contribution in [0.15, 0.2) is 30.6 Å². The minimum absolute atomic E-state index is 0.00278. The van der Waals surface area contributed by atoms with Gasteiger partial charge >= 0.3 is 0 Å². The Morgan fingerprint density at radius 1 is 1.16 bits per heavy atom. The van der Waals surface area contributed by atoms with E-state index < -0.39 is 9.84 Å². The number of fused-ring (bicyclic) bond motifs is 1. The number of amides is 1. The average molecular weight is 620 g/mol. The second-order valence-electron chi connectivity index (χ2n) is 12.0. The van der Waals surface area contributed by atoms with E-state index in [9.17, 15) is 13.2 Å². The number of hydrogen-bond donors (Lipinski definition) is 2. The van der Waals surface area contributed by atoms with Crippen molar-refractivity contribution >= 4 is 55.5 Å². The van der Waals surface area contributed by atoms with Gasteiger partial charge in [-0.15, -0.1) is 0 Å². The zero-order chi connectivity index (χ0) is 31.6. The van der Waals surface area contributed by atoms with Gasteiger partial charge in [0.1, 0.15) is 21.5 Å². The number of rotatable bonds is 9. The summed E-state index contributed by atoms with van der Waals surface area (Å²) < 4.78 is 29.5. The number of carbonyl (C=O) groups is 1. The number of nitrogens with zero attached hydrogens (tertiary/aromatic N) is 5. The van der Waals surface area contributed by atoms with Crippen LogP contribution in [0.3, 0.4) is 0 Å². The van der Waals surface area contributed by atoms with Crippen LogP contribution in [-0.2, 0) is 19.4 Å². The smallest absolute Gasteiger partial charge is 0.300 e. The first-order valence-electron chi connectivity index (χ1n) is 15.0. The Hall–Kier alpha value is -3.95. The highest BCUT2D eigenvalue weighted by Crippen LogP contribution is 2.43. The van der Waals surface area contributed by atoms with Gasteiger partial charge in [0.05, 0.1) is 11.9 Å². The maximum absolute atomic E-state index is 12.7. The quantitative estimate of drug-likeness (QED) is 0.334. The molecule has 2 atom stereocenters. The number of carbonyl (C=O) groups excluding carboxylic acids is 1. The van der Waals surface area contributed by atoms with E-state index in [1.54, 1.807) is 20.2 Å². The monoisotopic (exact) mass is 619 g/mol. The van der Waals surface area contributed by atoms with Crippen molar-refractivity contribution in [1.29, 1.82) is 0 Å². The molecule has 0 aliphatic carbocycles. The van der Waals surface area contributed by atoms with Crippen LogP contribution in [0.2, 0.25) is 0 Å². The van der Waals surface area contributed by atoms with E-state index in [-0.39, 0.29) is 35.6 Å². The number of methoxy groups -OCH3 is 1. The first kappa shape index (κ1) is 31.5. The molecule has 12 heteroatoms. The number of nitrogens with one attached hydrogen (secondary N) is 2. The maximum Gasteiger partial charge on any atom is 0.300 e. The fraction of sp³-hybridized carbons (Fsp3) is 0.500. The fourth-order valence-corrected chi connectivity index (χ4v) is 7.36. The normalized spacial score (nSPS) is 19.0. The Labute approximate surface area is 259 Å². The second kappa shape index (κ2) is 13.0. The molecule has 2 aliphatic heterocycles. The van der Waals surface area contributed by atoms with Gasteiger partial charge in [-0.1, -0.05) is 19.8 Å². The van der Waals surface area contributed by atoms with Crippen molar-refractivity contribution in [1.82, 2.24) is 15.0 Å². The van der Waals surface area contributed by atoms with Crippen molar-refractivity contribution in [2.75, 3.05) is 59.2 Å². The maximum atomic E-state index is 12.7. The number of piperidine rings is 1. The number of ether oxygens (including phenoxy) is 1. The molecule has 0 bridgehead atoms. The molecule has 0 spiro atoms. The summed E-state index contributed by atoms with van der Waals surface area (Å²) in [6.45, 7) is 10.1. The lowest BCUT2D eigenvalue weighted by Crippen LogP contribution is -2.57. The van der Waals surface area contributed by atoms with E-state index in [1.165, 1.54) is 6.26 Å². The first-order valence-corrected chi connectivity index (χ1v) is 17.1. The van der Waals surface area contributed by atoms with E-state index in [2.05, 4.69) is 51.1 Å². The lowest BCUT2D eigenvalue weighted by molar-refractivity contribution is -0.111. The van der Waals surface area contributed by atoms with Gasteiger partial charge in [-0.25, -0.2) is 18.4 Å². The lowest BCUT2D eigenvalue weighted by atomic mass is 9.88. The predicted octanol–water partition coefficient (Wildman–Crippen LogP) is 4.34. The summed E-state index contributed by atoms with van der Waals surface area (Å²) in [4.78, 5) is 31.0. The molecule has 2 N–H and O–H groups in total. The van der Waals surface area contributed by atoms with Crippen molar-refractivity contribution < 1.29 is 17.9 Å². The first-order chi connectivity index (χ1) is 21.0. The van der Waals surface area contributed by atoms with Crippen molar-refractivity contribution in [2.24, 2.45) is 5.92 Å². The third-order valence-electron chi connectivity index (χ3n) is 8.49. The highest BCUT2D eigenvalue weighted by Gasteiger charge is 2.38. The second-order valence-corrected chi connectivity index (χ2v) is 14.2. The SMILES string of the molecule is CC#CC(=O)Nc1cc(N2C[C@H](CS(C)(=O)=O)[C@H]2C)c2cnc(Nc3ccnc(N4CCC(OC)CC4)n3)cc2c1C(C)C. The minimum atomic E-state index is -3.10. The Morgan fingerprint density at radius 2 is 1.91 bits per heavy atom. The van der Waals surface area contributed by atoms with E-state index in [0.717, 1.165) is 48.0 Å². The summed E-state index contributed by atoms with van der Waals surface area (Å²) in [5, 5.41) is 8.22. The molecule has 234 valence electrons. The summed E-state index contributed by atoms with van der Waals surface area (Å²) in [7, 11) is -1.35. The molecular formula is C32H41N7O4S. The molecule has 3 aromatic rings. The van der Waals surface area contributed by atoms with Crippen LogP contribution in [-0.4, -0.2) is 80.2 Å². The molecule has 44 heavy (non-hydrogen) atoms. The number of benzene rings is 1. The van der Waals surface area contributed by atoms with Gasteiger partial charge in [-0.3, -0.25) is 4.79 Å². The van der Waals surface area contributed by atoms with Crippen LogP contribution in [0.5, 0.6) is 0 Å². The molecule has 0 unspecified atom stereocenters. The molecule has 11 nitrogen and oxygen atoms in total. The molecule has 2 aromatic heterocycles. The third-order valence-corrected chi connectivity index (χ3v) is 9.53. The van der Waals surface area contributed by atoms with Crippen LogP contribution in [0.1, 0.15) is 52.0 Å². The largest absolute Gasteiger partial charge is 0.381 e. The van der Waals surface area contributed by atoms with Gasteiger partial charge in [0.25, 0.3) is 5.91 Å². The van der Waals surface area contributed by atoms with Gasteiger partial charge in [0, 0.05) is 74.1 Å². The zero-order valence-corrected chi connectivity index (χ0v) is 27.0. The van der Waals surface area contributed by atoms with Gasteiger partial charge in [0.15, 0.2) is 0 Å². The van der Waals surface area contributed by atoms with Crippen LogP contribution in [0, 0.1) is 17.8 Å². The Bertz CT molecular complexity index is 1710. The van der Waals surface area contributed by atoms with Crippen molar-refractivity contribution in [2.45, 2.75) is 58.6 Å². The van der Waals surface area contributed by atoms with Crippen LogP contribution < -0.4 is 20.4 Å². The van der Waals surface area contributed by atoms with E-state index >= 15 is 0 Å². The number of sulfone groups is 1. The molecule has 0 saturated carbocycles. The highest BCUT2D eigenvalue weighted by molar-refractivity contribution is 7.90. The zero-order valence-electron chi connectivity index (χ0n) is 26.2. The Morgan fingerprint density at radius 3 is 2.55 bits per heavy atom. The summed E-state index contributed by atoms with van der Waals surface area (Å²) in [6, 6.07) is 5.77. The lowest BCUT2D eigenvalue weighted by Gasteiger charge is -2.48. The molecule has 0 radical (unpaired) electrons. The van der Waals surface area contributed by atoms with Gasteiger partial charge < -0.3 is 25.2 Å². The average Bonchev–Trinajstić information content (AvgIpc) is 2.98. The summed E-state index contributed by atoms with van der Waals surface area (Å²) in [5.41, 5.74) is 2.53. The number of anilines is 5. The molecule has 2 aliphatic rings. The topological polar surface area (TPSA) is 130 Å². The molecule has 1 amide bonds. The van der Waals surface area contributed by atoms with Crippen LogP contribution in [0.4, 0.5) is 29.0 Å². The summed E-state index contributed by atoms with van der Waals surface area (Å²) in [6.07, 6.45) is 6.98. The third kappa shape index (κ3) is 6.89. The number of hydrogen-bond acceptors (Lipinski definition) is 10. The van der Waals surface area contributed by atoms with Gasteiger partial charge in [0.2, 0.25) is 5.95 Å². The van der Waals surface area contributed by atoms with Gasteiger partial charge in [-0.2, -0.15) is 4.98 Å². The van der Waals surface area contributed by atoms with E-state index in [4.69, 9.17) is 14.7 Å². The highest BCUT2D eigenvalue weighted by atomic mass is 32.2. The van der Waals surface area contributed by atoms with Crippen molar-refractivity contribution in [3.63, 3.8) is 0 Å². The van der Waals surface area contributed by atoms with E-state index in [1.807, 2.05) is 31.3 Å². The molecule has 1 aromatic carbocycles. The Kier molecular flexibility index (Phi) is 9.27. The van der Waals surface area contributed by atoms with E-state index in [0.29, 0.717) is 29.8 Å². The minimum Gasteiger partial charge on any atom is -0.381 e. The fourth-order valence-electron chi connectivity index (χ4n) is 6.20. The summed E-state index contributed by atoms with van der Waals surface area (Å²) >= 11 is 0. The molecule has 2 saturated heterocycles. The molecule has 5 rings (SSSR count). The predicted molar refractivity (Wildman–Crippen MR) is 175 cm³/mol. The molecular weight excluding hydrogens is 578 g/mol. The molecule has 4 heterocycles. The van der Waals surface area contributed by atoms with Crippen molar-refractivity contribution in [3.05, 3.63) is 36.2 Å². The van der Waals surface area contributed by atoms with Crippen LogP contribution >= 0.6 is 0 Å². The van der Waals surface area contributed by atoms with Crippen LogP contribution in [0.25, 0.3) is 10.8 Å². The van der Waals surface area contributed by atoms with Gasteiger partial charge in [-0.05, 0) is 67.7 Å². The standard InChI is InChI=1S/C32H41N7O4S/c1-7-8-30(40)35-26-16-27(39-18-22(21(39)4)19-44(6,41)42)25-17-34-29(15-24(25)31(26)20(2)3)36-28-9-12-33-32(37-28)38-13-10-23(43-5)11-14-38/h9,12,15-17,20-23H,10-11,13-14,18-19H2,1-6H3,(H,35,40)(H,33,34,36,37)/t21-,22-/m1/s1.